The first-order valence-electron chi connectivity index (χ1n) is 6.64. The van der Waals surface area contributed by atoms with Crippen LogP contribution in [0.2, 0.25) is 0 Å². The van der Waals surface area contributed by atoms with E-state index >= 15 is 0 Å². The van der Waals surface area contributed by atoms with Crippen molar-refractivity contribution < 1.29 is 17.9 Å². The van der Waals surface area contributed by atoms with Crippen LogP contribution in [0.4, 0.5) is 0 Å². The van der Waals surface area contributed by atoms with E-state index in [2.05, 4.69) is 5.32 Å². The SMILES string of the molecule is CCCC(C)(C)NC(=O)c1ccc(OC)c(S(N)(=O)=O)c1. The predicted octanol–water partition coefficient (Wildman–Crippen LogP) is 1.65. The largest absolute Gasteiger partial charge is 0.495 e. The molecule has 1 aromatic carbocycles. The molecule has 0 radical (unpaired) electrons. The number of carbonyl (C=O) groups is 1. The summed E-state index contributed by atoms with van der Waals surface area (Å²) in [5, 5.41) is 8.01. The fourth-order valence-electron chi connectivity index (χ4n) is 2.11. The van der Waals surface area contributed by atoms with Crippen molar-refractivity contribution in [3.63, 3.8) is 0 Å². The molecule has 6 nitrogen and oxygen atoms in total. The highest BCUT2D eigenvalue weighted by Crippen LogP contribution is 2.24. The Balaban J connectivity index is 3.13. The zero-order valence-corrected chi connectivity index (χ0v) is 13.6. The van der Waals surface area contributed by atoms with E-state index in [1.807, 2.05) is 20.8 Å². The standard InChI is InChI=1S/C14H22N2O4S/c1-5-8-14(2,3)16-13(17)10-6-7-11(20-4)12(9-10)21(15,18)19/h6-7,9H,5,8H2,1-4H3,(H,16,17)(H2,15,18,19). The molecular formula is C14H22N2O4S. The molecule has 21 heavy (non-hydrogen) atoms. The Morgan fingerprint density at radius 2 is 2.00 bits per heavy atom. The molecule has 0 bridgehead atoms. The van der Waals surface area contributed by atoms with Crippen molar-refractivity contribution >= 4 is 15.9 Å². The van der Waals surface area contributed by atoms with Crippen molar-refractivity contribution in [2.45, 2.75) is 44.0 Å². The Kier molecular flexibility index (Phi) is 5.36. The van der Waals surface area contributed by atoms with Crippen molar-refractivity contribution in [2.24, 2.45) is 5.14 Å². The zero-order valence-electron chi connectivity index (χ0n) is 12.8. The van der Waals surface area contributed by atoms with Gasteiger partial charge < -0.3 is 10.1 Å². The number of sulfonamides is 1. The number of primary sulfonamides is 1. The van der Waals surface area contributed by atoms with Gasteiger partial charge in [0, 0.05) is 11.1 Å². The minimum atomic E-state index is -3.96. The summed E-state index contributed by atoms with van der Waals surface area (Å²) in [5.74, 6) is -0.233. The third-order valence-corrected chi connectivity index (χ3v) is 3.99. The number of nitrogens with one attached hydrogen (secondary N) is 1. The third-order valence-electron chi connectivity index (χ3n) is 3.06. The summed E-state index contributed by atoms with van der Waals surface area (Å²) in [4.78, 5) is 12.0. The van der Waals surface area contributed by atoms with Gasteiger partial charge in [-0.2, -0.15) is 0 Å². The molecule has 0 saturated heterocycles. The minimum absolute atomic E-state index is 0.113. The van der Waals surface area contributed by atoms with E-state index in [4.69, 9.17) is 9.88 Å². The number of hydrogen-bond acceptors (Lipinski definition) is 4. The van der Waals surface area contributed by atoms with Crippen LogP contribution in [0.25, 0.3) is 0 Å². The monoisotopic (exact) mass is 314 g/mol. The second-order valence-electron chi connectivity index (χ2n) is 5.50. The molecule has 0 spiro atoms. The maximum Gasteiger partial charge on any atom is 0.251 e. The molecular weight excluding hydrogens is 292 g/mol. The summed E-state index contributed by atoms with van der Waals surface area (Å²) in [5.41, 5.74) is -0.142. The second kappa shape index (κ2) is 6.44. The molecule has 3 N–H and O–H groups in total. The van der Waals surface area contributed by atoms with Crippen molar-refractivity contribution in [1.29, 1.82) is 0 Å². The van der Waals surface area contributed by atoms with Gasteiger partial charge in [0.15, 0.2) is 0 Å². The Morgan fingerprint density at radius 3 is 2.48 bits per heavy atom. The normalized spacial score (nSPS) is 12.0. The molecule has 1 rings (SSSR count). The first-order valence-corrected chi connectivity index (χ1v) is 8.18. The number of rotatable bonds is 6. The van der Waals surface area contributed by atoms with E-state index in [-0.39, 0.29) is 27.7 Å². The van der Waals surface area contributed by atoms with Crippen molar-refractivity contribution in [1.82, 2.24) is 5.32 Å². The van der Waals surface area contributed by atoms with E-state index in [1.165, 1.54) is 25.3 Å². The lowest BCUT2D eigenvalue weighted by atomic mass is 9.98. The Bertz CT molecular complexity index is 624. The quantitative estimate of drug-likeness (QED) is 0.834. The van der Waals surface area contributed by atoms with E-state index < -0.39 is 10.0 Å². The van der Waals surface area contributed by atoms with Gasteiger partial charge in [0.2, 0.25) is 10.0 Å². The number of nitrogens with two attached hydrogens (primary N) is 1. The lowest BCUT2D eigenvalue weighted by Crippen LogP contribution is -2.43. The van der Waals surface area contributed by atoms with Crippen LogP contribution in [0.1, 0.15) is 44.0 Å². The summed E-state index contributed by atoms with van der Waals surface area (Å²) in [6.07, 6.45) is 1.75. The number of methoxy groups -OCH3 is 1. The highest BCUT2D eigenvalue weighted by Gasteiger charge is 2.22. The van der Waals surface area contributed by atoms with Gasteiger partial charge in [0.05, 0.1) is 7.11 Å². The third kappa shape index (κ3) is 4.71. The van der Waals surface area contributed by atoms with E-state index in [0.717, 1.165) is 12.8 Å². The molecule has 0 saturated carbocycles. The van der Waals surface area contributed by atoms with Crippen LogP contribution in [-0.4, -0.2) is 27.0 Å². The molecule has 118 valence electrons. The first-order chi connectivity index (χ1) is 9.60. The molecule has 1 amide bonds. The van der Waals surface area contributed by atoms with Crippen LogP contribution < -0.4 is 15.2 Å². The highest BCUT2D eigenvalue weighted by atomic mass is 32.2. The lowest BCUT2D eigenvalue weighted by molar-refractivity contribution is 0.0908. The van der Waals surface area contributed by atoms with Gasteiger partial charge in [-0.3, -0.25) is 4.79 Å². The molecule has 0 aliphatic heterocycles. The fourth-order valence-corrected chi connectivity index (χ4v) is 2.83. The van der Waals surface area contributed by atoms with Gasteiger partial charge in [-0.25, -0.2) is 13.6 Å². The summed E-state index contributed by atoms with van der Waals surface area (Å²) in [6, 6.07) is 4.15. The van der Waals surface area contributed by atoms with Crippen molar-refractivity contribution in [2.75, 3.05) is 7.11 Å². The van der Waals surface area contributed by atoms with Crippen LogP contribution in [0, 0.1) is 0 Å². The Hall–Kier alpha value is -1.60. The molecule has 1 aromatic rings. The van der Waals surface area contributed by atoms with Gasteiger partial charge in [0.1, 0.15) is 10.6 Å². The molecule has 0 unspecified atom stereocenters. The van der Waals surface area contributed by atoms with Gasteiger partial charge in [-0.15, -0.1) is 0 Å². The second-order valence-corrected chi connectivity index (χ2v) is 7.03. The lowest BCUT2D eigenvalue weighted by Gasteiger charge is -2.25. The minimum Gasteiger partial charge on any atom is -0.495 e. The molecule has 0 aliphatic rings. The van der Waals surface area contributed by atoms with Crippen LogP contribution in [0.5, 0.6) is 5.75 Å². The predicted molar refractivity (Wildman–Crippen MR) is 80.8 cm³/mol. The van der Waals surface area contributed by atoms with Crippen LogP contribution in [-0.2, 0) is 10.0 Å². The number of carbonyl (C=O) groups excluding carboxylic acids is 1. The topological polar surface area (TPSA) is 98.5 Å². The summed E-state index contributed by atoms with van der Waals surface area (Å²) < 4.78 is 28.0. The average molecular weight is 314 g/mol. The average Bonchev–Trinajstić information content (AvgIpc) is 2.36. The summed E-state index contributed by atoms with van der Waals surface area (Å²) >= 11 is 0. The maximum absolute atomic E-state index is 12.2. The fraction of sp³-hybridized carbons (Fsp3) is 0.500. The maximum atomic E-state index is 12.2. The Morgan fingerprint density at radius 1 is 1.38 bits per heavy atom. The van der Waals surface area contributed by atoms with Crippen LogP contribution in [0.3, 0.4) is 0 Å². The van der Waals surface area contributed by atoms with E-state index in [9.17, 15) is 13.2 Å². The first kappa shape index (κ1) is 17.5. The molecule has 0 heterocycles. The van der Waals surface area contributed by atoms with Crippen LogP contribution >= 0.6 is 0 Å². The van der Waals surface area contributed by atoms with E-state index in [1.54, 1.807) is 0 Å². The summed E-state index contributed by atoms with van der Waals surface area (Å²) in [7, 11) is -2.62. The highest BCUT2D eigenvalue weighted by molar-refractivity contribution is 7.89. The Labute approximate surface area is 125 Å². The molecule has 0 fully saturated rings. The smallest absolute Gasteiger partial charge is 0.251 e. The van der Waals surface area contributed by atoms with Crippen LogP contribution in [0.15, 0.2) is 23.1 Å². The van der Waals surface area contributed by atoms with Crippen molar-refractivity contribution in [3.8, 4) is 5.75 Å². The molecule has 0 aliphatic carbocycles. The van der Waals surface area contributed by atoms with Gasteiger partial charge in [-0.05, 0) is 38.5 Å². The summed E-state index contributed by atoms with van der Waals surface area (Å²) in [6.45, 7) is 5.86. The molecule has 0 aromatic heterocycles. The molecule has 0 atom stereocenters. The zero-order chi connectivity index (χ0) is 16.3. The number of ether oxygens (including phenoxy) is 1. The number of hydrogen-bond donors (Lipinski definition) is 2. The van der Waals surface area contributed by atoms with Gasteiger partial charge >= 0.3 is 0 Å². The van der Waals surface area contributed by atoms with Gasteiger partial charge in [0.25, 0.3) is 5.91 Å². The number of benzene rings is 1. The van der Waals surface area contributed by atoms with Crippen molar-refractivity contribution in [3.05, 3.63) is 23.8 Å². The number of amides is 1. The molecule has 7 heteroatoms. The van der Waals surface area contributed by atoms with E-state index in [0.29, 0.717) is 0 Å². The van der Waals surface area contributed by atoms with Gasteiger partial charge in [-0.1, -0.05) is 13.3 Å².